The van der Waals surface area contributed by atoms with Crippen LogP contribution >= 0.6 is 0 Å². The van der Waals surface area contributed by atoms with E-state index in [0.717, 1.165) is 25.1 Å². The Morgan fingerprint density at radius 3 is 2.33 bits per heavy atom. The van der Waals surface area contributed by atoms with E-state index in [-0.39, 0.29) is 35.5 Å². The minimum atomic E-state index is -3.90. The summed E-state index contributed by atoms with van der Waals surface area (Å²) in [5, 5.41) is 8.51. The first-order valence-electron chi connectivity index (χ1n) is 9.17. The van der Waals surface area contributed by atoms with Crippen molar-refractivity contribution in [3.8, 4) is 0 Å². The normalized spacial score (nSPS) is 24.3. The van der Waals surface area contributed by atoms with Crippen LogP contribution in [0.15, 0.2) is 21.6 Å². The van der Waals surface area contributed by atoms with E-state index in [1.807, 2.05) is 4.90 Å². The third-order valence-electron chi connectivity index (χ3n) is 5.53. The Balaban J connectivity index is 1.66. The van der Waals surface area contributed by atoms with Gasteiger partial charge in [0.15, 0.2) is 0 Å². The molecule has 0 spiro atoms. The lowest BCUT2D eigenvalue weighted by atomic mass is 9.93. The average Bonchev–Trinajstić information content (AvgIpc) is 3.19. The summed E-state index contributed by atoms with van der Waals surface area (Å²) in [6, 6.07) is 2.28. The molecule has 2 fully saturated rings. The number of piperidine rings is 1. The maximum absolute atomic E-state index is 12.9. The van der Waals surface area contributed by atoms with Crippen molar-refractivity contribution in [3.05, 3.63) is 17.9 Å². The number of likely N-dealkylation sites (tertiary alicyclic amines) is 1. The van der Waals surface area contributed by atoms with Gasteiger partial charge in [-0.05, 0) is 51.2 Å². The number of carboxylic acid groups (broad SMARTS) is 1. The molecule has 1 unspecified atom stereocenters. The zero-order valence-electron chi connectivity index (χ0n) is 15.8. The second kappa shape index (κ2) is 6.94. The molecule has 0 aromatic carbocycles. The van der Waals surface area contributed by atoms with Gasteiger partial charge in [-0.1, -0.05) is 6.92 Å². The highest BCUT2D eigenvalue weighted by Crippen LogP contribution is 2.35. The summed E-state index contributed by atoms with van der Waals surface area (Å²) in [5.74, 6) is -1.35. The molecule has 8 nitrogen and oxygen atoms in total. The van der Waals surface area contributed by atoms with E-state index in [2.05, 4.69) is 20.8 Å². The van der Waals surface area contributed by atoms with Crippen LogP contribution in [0, 0.1) is 11.8 Å². The molecule has 0 aliphatic carbocycles. The zero-order valence-corrected chi connectivity index (χ0v) is 16.7. The van der Waals surface area contributed by atoms with Crippen molar-refractivity contribution in [1.29, 1.82) is 0 Å². The number of nitrogens with zero attached hydrogens (tertiary/aromatic N) is 2. The largest absolute Gasteiger partial charge is 0.475 e. The quantitative estimate of drug-likeness (QED) is 0.831. The van der Waals surface area contributed by atoms with Crippen molar-refractivity contribution in [2.75, 3.05) is 19.6 Å². The molecule has 3 rings (SSSR count). The van der Waals surface area contributed by atoms with Gasteiger partial charge in [-0.3, -0.25) is 4.79 Å². The van der Waals surface area contributed by atoms with Gasteiger partial charge in [-0.25, -0.2) is 13.2 Å². The van der Waals surface area contributed by atoms with E-state index < -0.39 is 21.8 Å². The number of carbonyl (C=O) groups excluding carboxylic acids is 1. The smallest absolute Gasteiger partial charge is 0.371 e. The molecule has 0 radical (unpaired) electrons. The Hall–Kier alpha value is -1.87. The van der Waals surface area contributed by atoms with Gasteiger partial charge in [0.1, 0.15) is 0 Å². The third kappa shape index (κ3) is 3.75. The molecule has 3 heterocycles. The van der Waals surface area contributed by atoms with Gasteiger partial charge in [0, 0.05) is 31.1 Å². The number of amides is 1. The number of carboxylic acids is 1. The Kier molecular flexibility index (Phi) is 5.11. The van der Waals surface area contributed by atoms with Crippen molar-refractivity contribution in [2.24, 2.45) is 11.8 Å². The van der Waals surface area contributed by atoms with Gasteiger partial charge >= 0.3 is 5.97 Å². The Morgan fingerprint density at radius 2 is 1.85 bits per heavy atom. The number of hydrogen-bond acceptors (Lipinski definition) is 5. The van der Waals surface area contributed by atoms with E-state index in [1.54, 1.807) is 0 Å². The van der Waals surface area contributed by atoms with Gasteiger partial charge in [-0.2, -0.15) is 4.31 Å². The van der Waals surface area contributed by atoms with Crippen LogP contribution in [0.5, 0.6) is 0 Å². The number of rotatable bonds is 4. The molecule has 1 amide bonds. The van der Waals surface area contributed by atoms with Crippen LogP contribution in [-0.2, 0) is 14.8 Å². The maximum atomic E-state index is 12.9. The maximum Gasteiger partial charge on any atom is 0.371 e. The molecular weight excluding hydrogens is 372 g/mol. The van der Waals surface area contributed by atoms with Crippen LogP contribution < -0.4 is 0 Å². The van der Waals surface area contributed by atoms with Crippen LogP contribution in [0.4, 0.5) is 0 Å². The first kappa shape index (κ1) is 19.9. The lowest BCUT2D eigenvalue weighted by Crippen LogP contribution is -2.49. The monoisotopic (exact) mass is 398 g/mol. The van der Waals surface area contributed by atoms with Crippen molar-refractivity contribution in [3.63, 3.8) is 0 Å². The predicted octanol–water partition coefficient (Wildman–Crippen LogP) is 2.03. The summed E-state index contributed by atoms with van der Waals surface area (Å²) in [7, 11) is -3.90. The number of hydrogen-bond donors (Lipinski definition) is 1. The van der Waals surface area contributed by atoms with Gasteiger partial charge in [0.2, 0.25) is 16.8 Å². The fraction of sp³-hybridized carbons (Fsp3) is 0.667. The van der Waals surface area contributed by atoms with Crippen molar-refractivity contribution in [2.45, 2.75) is 50.7 Å². The number of furan rings is 1. The Morgan fingerprint density at radius 1 is 1.22 bits per heavy atom. The van der Waals surface area contributed by atoms with E-state index in [9.17, 15) is 18.0 Å². The lowest BCUT2D eigenvalue weighted by Gasteiger charge is -2.37. The van der Waals surface area contributed by atoms with E-state index in [0.29, 0.717) is 18.8 Å². The molecule has 0 bridgehead atoms. The molecular formula is C18H26N2O6S. The van der Waals surface area contributed by atoms with Crippen LogP contribution in [0.3, 0.4) is 0 Å². The minimum absolute atomic E-state index is 0.104. The Labute approximate surface area is 159 Å². The molecule has 150 valence electrons. The molecule has 1 aromatic heterocycles. The molecule has 1 aromatic rings. The van der Waals surface area contributed by atoms with Gasteiger partial charge in [-0.15, -0.1) is 0 Å². The molecule has 27 heavy (non-hydrogen) atoms. The van der Waals surface area contributed by atoms with Crippen LogP contribution in [0.25, 0.3) is 0 Å². The van der Waals surface area contributed by atoms with E-state index in [1.165, 1.54) is 4.31 Å². The fourth-order valence-corrected chi connectivity index (χ4v) is 5.62. The number of sulfonamides is 1. The van der Waals surface area contributed by atoms with Crippen molar-refractivity contribution < 1.29 is 27.5 Å². The summed E-state index contributed by atoms with van der Waals surface area (Å²) < 4.78 is 31.5. The SMILES string of the molecule is CC1CN(C(=O)C2CCN(S(=O)(=O)c3ccc(C(=O)O)o3)CC2)C(C)(C)C1. The Bertz CT molecular complexity index is 836. The molecule has 9 heteroatoms. The second-order valence-corrected chi connectivity index (χ2v) is 10.0. The topological polar surface area (TPSA) is 108 Å². The van der Waals surface area contributed by atoms with Crippen LogP contribution in [0.2, 0.25) is 0 Å². The van der Waals surface area contributed by atoms with Crippen LogP contribution in [-0.4, -0.2) is 59.8 Å². The summed E-state index contributed by atoms with van der Waals surface area (Å²) in [5.41, 5.74) is -0.166. The lowest BCUT2D eigenvalue weighted by molar-refractivity contribution is -0.140. The summed E-state index contributed by atoms with van der Waals surface area (Å²) >= 11 is 0. The number of aromatic carboxylic acids is 1. The molecule has 2 aliphatic heterocycles. The first-order valence-corrected chi connectivity index (χ1v) is 10.6. The van der Waals surface area contributed by atoms with Gasteiger partial charge < -0.3 is 14.4 Å². The minimum Gasteiger partial charge on any atom is -0.475 e. The predicted molar refractivity (Wildman–Crippen MR) is 96.7 cm³/mol. The molecule has 2 aliphatic rings. The summed E-state index contributed by atoms with van der Waals surface area (Å²) in [4.78, 5) is 25.8. The average molecular weight is 398 g/mol. The second-order valence-electron chi connectivity index (χ2n) is 8.17. The molecule has 0 saturated carbocycles. The highest BCUT2D eigenvalue weighted by molar-refractivity contribution is 7.89. The highest BCUT2D eigenvalue weighted by atomic mass is 32.2. The van der Waals surface area contributed by atoms with E-state index >= 15 is 0 Å². The van der Waals surface area contributed by atoms with Gasteiger partial charge in [0.25, 0.3) is 10.0 Å². The highest BCUT2D eigenvalue weighted by Gasteiger charge is 2.43. The third-order valence-corrected chi connectivity index (χ3v) is 7.30. The van der Waals surface area contributed by atoms with Crippen LogP contribution in [0.1, 0.15) is 50.6 Å². The van der Waals surface area contributed by atoms with Crippen molar-refractivity contribution >= 4 is 21.9 Å². The zero-order chi connectivity index (χ0) is 20.0. The fourth-order valence-electron chi connectivity index (χ4n) is 4.24. The molecule has 1 N–H and O–H groups in total. The standard InChI is InChI=1S/C18H26N2O6S/c1-12-10-18(2,3)20(11-12)16(21)13-6-8-19(9-7-13)27(24,25)15-5-4-14(26-15)17(22)23/h4-5,12-13H,6-11H2,1-3H3,(H,22,23). The summed E-state index contributed by atoms with van der Waals surface area (Å²) in [6.45, 7) is 7.46. The van der Waals surface area contributed by atoms with E-state index in [4.69, 9.17) is 9.52 Å². The summed E-state index contributed by atoms with van der Waals surface area (Å²) in [6.07, 6.45) is 1.87. The molecule has 2 saturated heterocycles. The first-order chi connectivity index (χ1) is 12.5. The molecule has 1 atom stereocenters. The number of carbonyl (C=O) groups is 2. The van der Waals surface area contributed by atoms with Gasteiger partial charge in [0.05, 0.1) is 0 Å². The van der Waals surface area contributed by atoms with Crippen molar-refractivity contribution in [1.82, 2.24) is 9.21 Å².